The van der Waals surface area contributed by atoms with E-state index in [2.05, 4.69) is 4.72 Å². The molecule has 0 unspecified atom stereocenters. The zero-order valence-electron chi connectivity index (χ0n) is 15.8. The van der Waals surface area contributed by atoms with E-state index >= 15 is 0 Å². The molecule has 29 heavy (non-hydrogen) atoms. The lowest BCUT2D eigenvalue weighted by molar-refractivity contribution is 0.568. The average Bonchev–Trinajstić information content (AvgIpc) is 3.20. The third-order valence-electron chi connectivity index (χ3n) is 4.48. The summed E-state index contributed by atoms with van der Waals surface area (Å²) in [6, 6.07) is 13.2. The fourth-order valence-corrected chi connectivity index (χ4v) is 7.26. The number of nitrogens with one attached hydrogen (secondary N) is 1. The number of rotatable bonds is 7. The second kappa shape index (κ2) is 8.35. The topological polar surface area (TPSA) is 80.3 Å². The number of benzene rings is 2. The van der Waals surface area contributed by atoms with Crippen LogP contribution in [0.15, 0.2) is 69.1 Å². The van der Waals surface area contributed by atoms with Gasteiger partial charge >= 0.3 is 0 Å². The van der Waals surface area contributed by atoms with Gasteiger partial charge in [-0.25, -0.2) is 25.9 Å². The van der Waals surface area contributed by atoms with Crippen molar-refractivity contribution in [1.82, 2.24) is 4.72 Å². The van der Waals surface area contributed by atoms with E-state index in [0.717, 1.165) is 29.0 Å². The van der Waals surface area contributed by atoms with Crippen molar-refractivity contribution in [3.05, 3.63) is 82.5 Å². The van der Waals surface area contributed by atoms with Crippen molar-refractivity contribution in [2.24, 2.45) is 0 Å². The van der Waals surface area contributed by atoms with Crippen molar-refractivity contribution in [3.8, 4) is 0 Å². The summed E-state index contributed by atoms with van der Waals surface area (Å²) >= 11 is 1.05. The number of aryl methyl sites for hydroxylation is 2. The highest BCUT2D eigenvalue weighted by Crippen LogP contribution is 2.31. The number of sulfone groups is 1. The van der Waals surface area contributed by atoms with Crippen LogP contribution in [0.3, 0.4) is 0 Å². The van der Waals surface area contributed by atoms with Crippen LogP contribution in [0.4, 0.5) is 4.39 Å². The summed E-state index contributed by atoms with van der Waals surface area (Å²) in [5.74, 6) is -0.503. The summed E-state index contributed by atoms with van der Waals surface area (Å²) in [6.07, 6.45) is 0. The van der Waals surface area contributed by atoms with Gasteiger partial charge in [0.25, 0.3) is 0 Å². The number of hydrogen-bond donors (Lipinski definition) is 1. The predicted molar refractivity (Wildman–Crippen MR) is 112 cm³/mol. The van der Waals surface area contributed by atoms with E-state index in [1.807, 2.05) is 0 Å². The predicted octanol–water partition coefficient (Wildman–Crippen LogP) is 4.00. The van der Waals surface area contributed by atoms with Crippen molar-refractivity contribution >= 4 is 31.2 Å². The molecule has 1 aromatic heterocycles. The molecule has 1 heterocycles. The Bertz CT molecular complexity index is 1200. The van der Waals surface area contributed by atoms with E-state index in [-0.39, 0.29) is 15.6 Å². The standard InChI is InChI=1S/C20H20FNO4S3/c1-14-5-6-15(2)18(12-14)29(25,26)22-13-19(16-7-9-17(21)10-8-16)28(23,24)20-4-3-11-27-20/h3-12,19,22H,13H2,1-2H3/t19-/m0/s1. The molecule has 0 bridgehead atoms. The van der Waals surface area contributed by atoms with Crippen LogP contribution in [-0.4, -0.2) is 23.4 Å². The maximum Gasteiger partial charge on any atom is 0.240 e. The largest absolute Gasteiger partial charge is 0.240 e. The molecule has 0 aliphatic heterocycles. The third kappa shape index (κ3) is 4.75. The maximum absolute atomic E-state index is 13.3. The number of hydrogen-bond acceptors (Lipinski definition) is 5. The summed E-state index contributed by atoms with van der Waals surface area (Å²) in [5.41, 5.74) is 1.64. The van der Waals surface area contributed by atoms with Crippen LogP contribution in [0.5, 0.6) is 0 Å². The Morgan fingerprint density at radius 3 is 2.31 bits per heavy atom. The third-order valence-corrected chi connectivity index (χ3v) is 9.58. The smallest absolute Gasteiger partial charge is 0.222 e. The van der Waals surface area contributed by atoms with Gasteiger partial charge in [0.05, 0.1) is 4.90 Å². The monoisotopic (exact) mass is 453 g/mol. The SMILES string of the molecule is Cc1ccc(C)c(S(=O)(=O)NC[C@@H](c2ccc(F)cc2)S(=O)(=O)c2cccs2)c1. The van der Waals surface area contributed by atoms with E-state index in [4.69, 9.17) is 0 Å². The Morgan fingerprint density at radius 1 is 1.00 bits per heavy atom. The second-order valence-corrected chi connectivity index (χ2v) is 11.7. The summed E-state index contributed by atoms with van der Waals surface area (Å²) < 4.78 is 67.9. The van der Waals surface area contributed by atoms with E-state index in [1.165, 1.54) is 18.2 Å². The lowest BCUT2D eigenvalue weighted by Crippen LogP contribution is -2.32. The van der Waals surface area contributed by atoms with E-state index in [1.54, 1.807) is 43.5 Å². The molecule has 3 aromatic rings. The first-order chi connectivity index (χ1) is 13.6. The molecule has 0 amide bonds. The minimum absolute atomic E-state index is 0.101. The number of sulfonamides is 1. The molecule has 0 fully saturated rings. The van der Waals surface area contributed by atoms with Gasteiger partial charge in [-0.1, -0.05) is 30.3 Å². The van der Waals surface area contributed by atoms with Gasteiger partial charge in [-0.2, -0.15) is 0 Å². The van der Waals surface area contributed by atoms with Gasteiger partial charge in [0.2, 0.25) is 10.0 Å². The van der Waals surface area contributed by atoms with Crippen LogP contribution in [0.25, 0.3) is 0 Å². The summed E-state index contributed by atoms with van der Waals surface area (Å²) in [6.45, 7) is 3.08. The van der Waals surface area contributed by atoms with Gasteiger partial charge in [-0.05, 0) is 60.2 Å². The Kier molecular flexibility index (Phi) is 6.23. The van der Waals surface area contributed by atoms with Crippen molar-refractivity contribution in [2.45, 2.75) is 28.2 Å². The van der Waals surface area contributed by atoms with Crippen molar-refractivity contribution in [3.63, 3.8) is 0 Å². The van der Waals surface area contributed by atoms with Crippen molar-refractivity contribution in [1.29, 1.82) is 0 Å². The highest BCUT2D eigenvalue weighted by Gasteiger charge is 2.32. The second-order valence-electron chi connectivity index (χ2n) is 6.64. The van der Waals surface area contributed by atoms with Crippen molar-refractivity contribution in [2.75, 3.05) is 6.54 Å². The Morgan fingerprint density at radius 2 is 1.69 bits per heavy atom. The van der Waals surface area contributed by atoms with Crippen LogP contribution in [0.1, 0.15) is 21.9 Å². The molecule has 0 spiro atoms. The average molecular weight is 454 g/mol. The lowest BCUT2D eigenvalue weighted by atomic mass is 10.1. The minimum atomic E-state index is -3.94. The van der Waals surface area contributed by atoms with Crippen LogP contribution >= 0.6 is 11.3 Å². The molecular weight excluding hydrogens is 433 g/mol. The Labute approximate surface area is 174 Å². The highest BCUT2D eigenvalue weighted by atomic mass is 32.2. The molecule has 0 saturated carbocycles. The molecular formula is C20H20FNO4S3. The molecule has 154 valence electrons. The van der Waals surface area contributed by atoms with Crippen LogP contribution in [0.2, 0.25) is 0 Å². The van der Waals surface area contributed by atoms with E-state index in [9.17, 15) is 21.2 Å². The van der Waals surface area contributed by atoms with Gasteiger partial charge in [0.1, 0.15) is 15.3 Å². The van der Waals surface area contributed by atoms with E-state index < -0.39 is 30.9 Å². The molecule has 0 aliphatic rings. The van der Waals surface area contributed by atoms with Crippen LogP contribution in [-0.2, 0) is 19.9 Å². The zero-order chi connectivity index (χ0) is 21.2. The molecule has 3 rings (SSSR count). The zero-order valence-corrected chi connectivity index (χ0v) is 18.2. The Hall–Kier alpha value is -2.07. The molecule has 2 aromatic carbocycles. The first-order valence-electron chi connectivity index (χ1n) is 8.71. The fraction of sp³-hybridized carbons (Fsp3) is 0.200. The molecule has 1 N–H and O–H groups in total. The highest BCUT2D eigenvalue weighted by molar-refractivity contribution is 7.93. The van der Waals surface area contributed by atoms with E-state index in [0.29, 0.717) is 11.1 Å². The fourth-order valence-electron chi connectivity index (χ4n) is 2.91. The summed E-state index contributed by atoms with van der Waals surface area (Å²) in [5, 5.41) is 0.441. The summed E-state index contributed by atoms with van der Waals surface area (Å²) in [7, 11) is -7.82. The normalized spacial score (nSPS) is 13.3. The molecule has 0 radical (unpaired) electrons. The van der Waals surface area contributed by atoms with Crippen LogP contribution < -0.4 is 4.72 Å². The van der Waals surface area contributed by atoms with Gasteiger partial charge in [-0.15, -0.1) is 11.3 Å². The quantitative estimate of drug-likeness (QED) is 0.586. The molecule has 0 saturated heterocycles. The van der Waals surface area contributed by atoms with Gasteiger partial charge < -0.3 is 0 Å². The first-order valence-corrected chi connectivity index (χ1v) is 12.6. The van der Waals surface area contributed by atoms with Crippen molar-refractivity contribution < 1.29 is 21.2 Å². The van der Waals surface area contributed by atoms with Gasteiger partial charge in [-0.3, -0.25) is 0 Å². The lowest BCUT2D eigenvalue weighted by Gasteiger charge is -2.19. The molecule has 0 aliphatic carbocycles. The van der Waals surface area contributed by atoms with Gasteiger partial charge in [0, 0.05) is 6.54 Å². The van der Waals surface area contributed by atoms with Gasteiger partial charge in [0.15, 0.2) is 9.84 Å². The molecule has 9 heteroatoms. The van der Waals surface area contributed by atoms with Crippen LogP contribution in [0, 0.1) is 19.7 Å². The number of thiophene rings is 1. The first kappa shape index (κ1) is 21.6. The summed E-state index contributed by atoms with van der Waals surface area (Å²) in [4.78, 5) is 0.101. The maximum atomic E-state index is 13.3. The Balaban J connectivity index is 1.98. The molecule has 5 nitrogen and oxygen atoms in total. The number of halogens is 1. The minimum Gasteiger partial charge on any atom is -0.222 e. The molecule has 1 atom stereocenters.